The van der Waals surface area contributed by atoms with Gasteiger partial charge in [-0.1, -0.05) is 54.1 Å². The molecule has 0 bridgehead atoms. The molecule has 1 amide bonds. The van der Waals surface area contributed by atoms with Gasteiger partial charge in [0.1, 0.15) is 11.5 Å². The zero-order chi connectivity index (χ0) is 25.8. The van der Waals surface area contributed by atoms with E-state index in [0.29, 0.717) is 22.6 Å². The van der Waals surface area contributed by atoms with Gasteiger partial charge in [0.25, 0.3) is 11.7 Å². The second-order valence-corrected chi connectivity index (χ2v) is 8.48. The van der Waals surface area contributed by atoms with E-state index in [-0.39, 0.29) is 35.2 Å². The molecule has 1 aliphatic heterocycles. The van der Waals surface area contributed by atoms with Crippen LogP contribution in [0.5, 0.6) is 5.75 Å². The Bertz CT molecular complexity index is 1330. The Hall–Kier alpha value is -4.10. The average molecular weight is 506 g/mol. The molecule has 0 aromatic heterocycles. The van der Waals surface area contributed by atoms with Crippen molar-refractivity contribution >= 4 is 40.7 Å². The van der Waals surface area contributed by atoms with Gasteiger partial charge in [0.2, 0.25) is 0 Å². The van der Waals surface area contributed by atoms with E-state index in [1.165, 1.54) is 18.1 Å². The van der Waals surface area contributed by atoms with E-state index in [1.54, 1.807) is 67.6 Å². The van der Waals surface area contributed by atoms with Gasteiger partial charge in [-0.15, -0.1) is 0 Å². The van der Waals surface area contributed by atoms with Crippen molar-refractivity contribution in [2.24, 2.45) is 0 Å². The number of halogens is 1. The molecule has 1 heterocycles. The number of hydrogen-bond donors (Lipinski definition) is 1. The standard InChI is InChI=1S/C28H24ClNO6/c1-3-36-23(31)15-17-9-11-19(12-10-17)30-25(18-7-5-4-6-8-18)24(27(33)28(30)34)26(32)21-16-20(35-2)13-14-22(21)29/h4-14,16,25,32H,3,15H2,1-2H3/b26-24+. The number of ketones is 1. The summed E-state index contributed by atoms with van der Waals surface area (Å²) in [5.41, 5.74) is 1.87. The predicted octanol–water partition coefficient (Wildman–Crippen LogP) is 5.08. The monoisotopic (exact) mass is 505 g/mol. The molecule has 0 aliphatic carbocycles. The topological polar surface area (TPSA) is 93.1 Å². The van der Waals surface area contributed by atoms with Crippen LogP contribution in [-0.2, 0) is 25.5 Å². The molecule has 0 spiro atoms. The number of amides is 1. The van der Waals surface area contributed by atoms with E-state index in [0.717, 1.165) is 0 Å². The fraction of sp³-hybridized carbons (Fsp3) is 0.179. The molecule has 184 valence electrons. The van der Waals surface area contributed by atoms with E-state index < -0.39 is 23.5 Å². The molecule has 1 fully saturated rings. The normalized spacial score (nSPS) is 16.8. The zero-order valence-electron chi connectivity index (χ0n) is 19.7. The van der Waals surface area contributed by atoms with Crippen molar-refractivity contribution in [1.82, 2.24) is 0 Å². The molecule has 8 heteroatoms. The smallest absolute Gasteiger partial charge is 0.310 e. The number of carbonyl (C=O) groups is 3. The fourth-order valence-electron chi connectivity index (χ4n) is 4.16. The van der Waals surface area contributed by atoms with Gasteiger partial charge in [0.05, 0.1) is 36.8 Å². The average Bonchev–Trinajstić information content (AvgIpc) is 3.15. The number of carbonyl (C=O) groups excluding carboxylic acids is 3. The maximum atomic E-state index is 13.3. The molecule has 1 saturated heterocycles. The summed E-state index contributed by atoms with van der Waals surface area (Å²) >= 11 is 6.34. The SMILES string of the molecule is CCOC(=O)Cc1ccc(N2C(=O)C(=O)/C(=C(/O)c3cc(OC)ccc3Cl)C2c2ccccc2)cc1. The number of aliphatic hydroxyl groups excluding tert-OH is 1. The van der Waals surface area contributed by atoms with E-state index in [4.69, 9.17) is 21.1 Å². The van der Waals surface area contributed by atoms with Crippen LogP contribution in [0.3, 0.4) is 0 Å². The Labute approximate surface area is 213 Å². The van der Waals surface area contributed by atoms with Crippen molar-refractivity contribution < 1.29 is 29.0 Å². The van der Waals surface area contributed by atoms with E-state index in [1.807, 2.05) is 6.07 Å². The first-order valence-corrected chi connectivity index (χ1v) is 11.7. The van der Waals surface area contributed by atoms with Gasteiger partial charge in [-0.2, -0.15) is 0 Å². The highest BCUT2D eigenvalue weighted by molar-refractivity contribution is 6.52. The van der Waals surface area contributed by atoms with Crippen LogP contribution in [0.2, 0.25) is 5.02 Å². The first kappa shape index (κ1) is 25.0. The van der Waals surface area contributed by atoms with Crippen molar-refractivity contribution in [2.75, 3.05) is 18.6 Å². The molecule has 1 unspecified atom stereocenters. The first-order valence-electron chi connectivity index (χ1n) is 11.3. The number of hydrogen-bond acceptors (Lipinski definition) is 6. The van der Waals surface area contributed by atoms with Gasteiger partial charge < -0.3 is 14.6 Å². The molecule has 1 aliphatic rings. The third-order valence-corrected chi connectivity index (χ3v) is 6.19. The second kappa shape index (κ2) is 10.7. The van der Waals surface area contributed by atoms with Crippen LogP contribution < -0.4 is 9.64 Å². The van der Waals surface area contributed by atoms with Crippen LogP contribution in [0, 0.1) is 0 Å². The lowest BCUT2D eigenvalue weighted by Gasteiger charge is -2.25. The molecule has 1 N–H and O–H groups in total. The van der Waals surface area contributed by atoms with Crippen molar-refractivity contribution in [3.63, 3.8) is 0 Å². The molecule has 1 atom stereocenters. The second-order valence-electron chi connectivity index (χ2n) is 8.07. The molecular weight excluding hydrogens is 482 g/mol. The summed E-state index contributed by atoms with van der Waals surface area (Å²) < 4.78 is 10.2. The van der Waals surface area contributed by atoms with E-state index in [9.17, 15) is 19.5 Å². The van der Waals surface area contributed by atoms with Crippen LogP contribution in [0.1, 0.15) is 29.7 Å². The largest absolute Gasteiger partial charge is 0.507 e. The molecule has 3 aromatic carbocycles. The molecule has 3 aromatic rings. The van der Waals surface area contributed by atoms with Crippen LogP contribution in [0.4, 0.5) is 5.69 Å². The molecule has 0 radical (unpaired) electrons. The number of aliphatic hydroxyl groups is 1. The van der Waals surface area contributed by atoms with Gasteiger partial charge in [0.15, 0.2) is 0 Å². The summed E-state index contributed by atoms with van der Waals surface area (Å²) in [5, 5.41) is 11.5. The summed E-state index contributed by atoms with van der Waals surface area (Å²) in [6.07, 6.45) is 0.0867. The summed E-state index contributed by atoms with van der Waals surface area (Å²) in [4.78, 5) is 39.7. The maximum Gasteiger partial charge on any atom is 0.310 e. The molecule has 7 nitrogen and oxygen atoms in total. The number of nitrogens with zero attached hydrogens (tertiary/aromatic N) is 1. The number of anilines is 1. The number of benzene rings is 3. The van der Waals surface area contributed by atoms with Crippen LogP contribution in [0.15, 0.2) is 78.4 Å². The Morgan fingerprint density at radius 3 is 2.36 bits per heavy atom. The summed E-state index contributed by atoms with van der Waals surface area (Å²) in [7, 11) is 1.47. The quantitative estimate of drug-likeness (QED) is 0.208. The highest BCUT2D eigenvalue weighted by Gasteiger charge is 2.47. The number of Topliss-reactive ketones (excluding diaryl/α,β-unsaturated/α-hetero) is 1. The van der Waals surface area contributed by atoms with Crippen LogP contribution in [0.25, 0.3) is 5.76 Å². The Kier molecular flexibility index (Phi) is 7.41. The third kappa shape index (κ3) is 4.83. The number of esters is 1. The summed E-state index contributed by atoms with van der Waals surface area (Å²) in [6.45, 7) is 2.02. The first-order chi connectivity index (χ1) is 17.3. The van der Waals surface area contributed by atoms with E-state index >= 15 is 0 Å². The Morgan fingerprint density at radius 1 is 1.03 bits per heavy atom. The van der Waals surface area contributed by atoms with Crippen molar-refractivity contribution in [2.45, 2.75) is 19.4 Å². The van der Waals surface area contributed by atoms with Gasteiger partial charge in [-0.05, 0) is 48.4 Å². The third-order valence-electron chi connectivity index (χ3n) is 5.86. The van der Waals surface area contributed by atoms with Crippen LogP contribution in [-0.4, -0.2) is 36.5 Å². The lowest BCUT2D eigenvalue weighted by atomic mass is 9.95. The Morgan fingerprint density at radius 2 is 1.72 bits per heavy atom. The fourth-order valence-corrected chi connectivity index (χ4v) is 4.37. The lowest BCUT2D eigenvalue weighted by Crippen LogP contribution is -2.29. The zero-order valence-corrected chi connectivity index (χ0v) is 20.5. The minimum atomic E-state index is -0.899. The molecular formula is C28H24ClNO6. The lowest BCUT2D eigenvalue weighted by molar-refractivity contribution is -0.142. The van der Waals surface area contributed by atoms with Crippen LogP contribution >= 0.6 is 11.6 Å². The van der Waals surface area contributed by atoms with Crippen molar-refractivity contribution in [3.8, 4) is 5.75 Å². The maximum absolute atomic E-state index is 13.3. The minimum absolute atomic E-state index is 0.0862. The van der Waals surface area contributed by atoms with E-state index in [2.05, 4.69) is 0 Å². The summed E-state index contributed by atoms with van der Waals surface area (Å²) in [5.74, 6) is -1.94. The molecule has 4 rings (SSSR count). The number of ether oxygens (including phenoxy) is 2. The Balaban J connectivity index is 1.82. The van der Waals surface area contributed by atoms with Crippen molar-refractivity contribution in [1.29, 1.82) is 0 Å². The number of methoxy groups -OCH3 is 1. The van der Waals surface area contributed by atoms with Gasteiger partial charge in [0, 0.05) is 11.3 Å². The summed E-state index contributed by atoms with van der Waals surface area (Å²) in [6, 6.07) is 19.5. The molecule has 36 heavy (non-hydrogen) atoms. The van der Waals surface area contributed by atoms with Gasteiger partial charge in [-0.25, -0.2) is 0 Å². The number of rotatable bonds is 7. The predicted molar refractivity (Wildman–Crippen MR) is 136 cm³/mol. The molecule has 0 saturated carbocycles. The van der Waals surface area contributed by atoms with Gasteiger partial charge >= 0.3 is 5.97 Å². The van der Waals surface area contributed by atoms with Crippen molar-refractivity contribution in [3.05, 3.63) is 100 Å². The van der Waals surface area contributed by atoms with Gasteiger partial charge in [-0.3, -0.25) is 19.3 Å². The minimum Gasteiger partial charge on any atom is -0.507 e. The highest BCUT2D eigenvalue weighted by Crippen LogP contribution is 2.43. The highest BCUT2D eigenvalue weighted by atomic mass is 35.5.